The Bertz CT molecular complexity index is 567. The molecule has 4 nitrogen and oxygen atoms in total. The van der Waals surface area contributed by atoms with E-state index in [1.54, 1.807) is 0 Å². The van der Waals surface area contributed by atoms with E-state index in [2.05, 4.69) is 17.4 Å². The van der Waals surface area contributed by atoms with E-state index in [0.29, 0.717) is 25.3 Å². The second-order valence-electron chi connectivity index (χ2n) is 7.61. The Morgan fingerprint density at radius 2 is 1.88 bits per heavy atom. The number of rotatable bonds is 7. The summed E-state index contributed by atoms with van der Waals surface area (Å²) in [6.07, 6.45) is 9.21. The molecule has 2 aliphatic rings. The molecule has 1 aromatic rings. The normalized spacial score (nSPS) is 21.5. The molecular weight excluding hydrogens is 312 g/mol. The Labute approximate surface area is 151 Å². The number of carbonyl (C=O) groups excluding carboxylic acids is 2. The van der Waals surface area contributed by atoms with Crippen LogP contribution in [0.4, 0.5) is 0 Å². The number of carbonyl (C=O) groups is 2. The first kappa shape index (κ1) is 18.0. The number of hydrogen-bond donors (Lipinski definition) is 1. The molecule has 1 saturated carbocycles. The van der Waals surface area contributed by atoms with Crippen molar-refractivity contribution in [2.24, 2.45) is 5.92 Å². The van der Waals surface area contributed by atoms with Crippen LogP contribution in [0, 0.1) is 5.92 Å². The van der Waals surface area contributed by atoms with Gasteiger partial charge in [-0.3, -0.25) is 9.59 Å². The van der Waals surface area contributed by atoms with E-state index in [9.17, 15) is 9.59 Å². The van der Waals surface area contributed by atoms with Gasteiger partial charge in [-0.25, -0.2) is 0 Å². The highest BCUT2D eigenvalue weighted by Gasteiger charge is 2.32. The molecule has 25 heavy (non-hydrogen) atoms. The lowest BCUT2D eigenvalue weighted by molar-refractivity contribution is -0.128. The Kier molecular flexibility index (Phi) is 6.48. The van der Waals surface area contributed by atoms with Gasteiger partial charge in [0, 0.05) is 25.9 Å². The molecule has 1 atom stereocenters. The molecule has 0 radical (unpaired) electrons. The fourth-order valence-corrected chi connectivity index (χ4v) is 4.12. The van der Waals surface area contributed by atoms with E-state index in [1.807, 2.05) is 23.1 Å². The van der Waals surface area contributed by atoms with Crippen molar-refractivity contribution in [2.45, 2.75) is 63.8 Å². The summed E-state index contributed by atoms with van der Waals surface area (Å²) in [5.41, 5.74) is 1.27. The molecular formula is C21H30N2O2. The van der Waals surface area contributed by atoms with E-state index >= 15 is 0 Å². The molecule has 4 heteroatoms. The minimum absolute atomic E-state index is 0.000292. The third-order valence-corrected chi connectivity index (χ3v) is 5.50. The van der Waals surface area contributed by atoms with Crippen molar-refractivity contribution < 1.29 is 9.59 Å². The first-order chi connectivity index (χ1) is 12.2. The van der Waals surface area contributed by atoms with Crippen molar-refractivity contribution in [1.29, 1.82) is 0 Å². The topological polar surface area (TPSA) is 49.4 Å². The largest absolute Gasteiger partial charge is 0.351 e. The van der Waals surface area contributed by atoms with Crippen LogP contribution < -0.4 is 5.32 Å². The summed E-state index contributed by atoms with van der Waals surface area (Å²) in [5, 5.41) is 3.06. The van der Waals surface area contributed by atoms with Crippen LogP contribution in [0.3, 0.4) is 0 Å². The number of aryl methyl sites for hydroxylation is 1. The van der Waals surface area contributed by atoms with Crippen molar-refractivity contribution in [3.63, 3.8) is 0 Å². The van der Waals surface area contributed by atoms with E-state index in [0.717, 1.165) is 19.4 Å². The van der Waals surface area contributed by atoms with Gasteiger partial charge in [0.2, 0.25) is 11.8 Å². The van der Waals surface area contributed by atoms with Gasteiger partial charge in [0.1, 0.15) is 0 Å². The summed E-state index contributed by atoms with van der Waals surface area (Å²) in [6, 6.07) is 10.3. The zero-order valence-corrected chi connectivity index (χ0v) is 15.1. The number of likely N-dealkylation sites (tertiary alicyclic amines) is 1. The van der Waals surface area contributed by atoms with Crippen molar-refractivity contribution >= 4 is 11.8 Å². The monoisotopic (exact) mass is 342 g/mol. The lowest BCUT2D eigenvalue weighted by Gasteiger charge is -2.27. The first-order valence-electron chi connectivity index (χ1n) is 9.82. The molecule has 136 valence electrons. The Hall–Kier alpha value is -1.84. The van der Waals surface area contributed by atoms with E-state index in [-0.39, 0.29) is 17.9 Å². The maximum absolute atomic E-state index is 12.2. The van der Waals surface area contributed by atoms with Crippen LogP contribution in [-0.4, -0.2) is 35.8 Å². The third-order valence-electron chi connectivity index (χ3n) is 5.50. The van der Waals surface area contributed by atoms with Crippen molar-refractivity contribution in [3.8, 4) is 0 Å². The predicted octanol–water partition coefficient (Wildman–Crippen LogP) is 3.31. The van der Waals surface area contributed by atoms with Crippen LogP contribution in [0.25, 0.3) is 0 Å². The average Bonchev–Trinajstić information content (AvgIpc) is 2.96. The maximum atomic E-state index is 12.2. The molecule has 2 fully saturated rings. The van der Waals surface area contributed by atoms with Crippen molar-refractivity contribution in [3.05, 3.63) is 35.9 Å². The van der Waals surface area contributed by atoms with Crippen molar-refractivity contribution in [1.82, 2.24) is 10.2 Å². The molecule has 1 aromatic carbocycles. The molecule has 1 aliphatic carbocycles. The fraction of sp³-hybridized carbons (Fsp3) is 0.619. The molecule has 1 N–H and O–H groups in total. The number of hydrogen-bond acceptors (Lipinski definition) is 2. The second kappa shape index (κ2) is 9.02. The molecule has 3 rings (SSSR count). The molecule has 1 unspecified atom stereocenters. The Morgan fingerprint density at radius 3 is 2.64 bits per heavy atom. The zero-order chi connectivity index (χ0) is 17.5. The van der Waals surface area contributed by atoms with E-state index in [1.165, 1.54) is 37.7 Å². The highest BCUT2D eigenvalue weighted by Crippen LogP contribution is 2.26. The highest BCUT2D eigenvalue weighted by atomic mass is 16.2. The van der Waals surface area contributed by atoms with Gasteiger partial charge in [-0.2, -0.15) is 0 Å². The van der Waals surface area contributed by atoms with Crippen LogP contribution >= 0.6 is 0 Å². The fourth-order valence-electron chi connectivity index (χ4n) is 4.12. The minimum atomic E-state index is 0.000292. The number of nitrogens with zero attached hydrogens (tertiary/aromatic N) is 1. The van der Waals surface area contributed by atoms with Gasteiger partial charge >= 0.3 is 0 Å². The molecule has 1 aliphatic heterocycles. The number of nitrogens with one attached hydrogen (secondary N) is 1. The second-order valence-corrected chi connectivity index (χ2v) is 7.61. The summed E-state index contributed by atoms with van der Waals surface area (Å²) < 4.78 is 0. The minimum Gasteiger partial charge on any atom is -0.351 e. The van der Waals surface area contributed by atoms with Gasteiger partial charge < -0.3 is 10.2 Å². The van der Waals surface area contributed by atoms with Crippen LogP contribution in [0.5, 0.6) is 0 Å². The molecule has 0 bridgehead atoms. The predicted molar refractivity (Wildman–Crippen MR) is 99.1 cm³/mol. The Balaban J connectivity index is 1.36. The molecule has 0 aromatic heterocycles. The number of benzene rings is 1. The van der Waals surface area contributed by atoms with Crippen LogP contribution in [0.1, 0.15) is 56.9 Å². The summed E-state index contributed by atoms with van der Waals surface area (Å²) in [4.78, 5) is 26.3. The summed E-state index contributed by atoms with van der Waals surface area (Å²) in [7, 11) is 0. The van der Waals surface area contributed by atoms with Crippen LogP contribution in [0.15, 0.2) is 30.3 Å². The third kappa shape index (κ3) is 5.58. The molecule has 1 heterocycles. The highest BCUT2D eigenvalue weighted by molar-refractivity contribution is 5.82. The first-order valence-corrected chi connectivity index (χ1v) is 9.82. The smallest absolute Gasteiger partial charge is 0.224 e. The van der Waals surface area contributed by atoms with Gasteiger partial charge in [-0.1, -0.05) is 49.6 Å². The van der Waals surface area contributed by atoms with Gasteiger partial charge in [-0.05, 0) is 37.2 Å². The van der Waals surface area contributed by atoms with Gasteiger partial charge in [-0.15, -0.1) is 0 Å². The van der Waals surface area contributed by atoms with Gasteiger partial charge in [0.25, 0.3) is 0 Å². The summed E-state index contributed by atoms with van der Waals surface area (Å²) >= 11 is 0. The SMILES string of the molecule is O=C(CCCc1ccccc1)NC1CC(=O)N(CC2CCCCC2)C1. The quantitative estimate of drug-likeness (QED) is 0.826. The van der Waals surface area contributed by atoms with Gasteiger partial charge in [0.05, 0.1) is 6.04 Å². The Morgan fingerprint density at radius 1 is 1.12 bits per heavy atom. The number of amides is 2. The molecule has 2 amide bonds. The lowest BCUT2D eigenvalue weighted by Crippen LogP contribution is -2.38. The molecule has 0 spiro atoms. The van der Waals surface area contributed by atoms with E-state index in [4.69, 9.17) is 0 Å². The molecule has 1 saturated heterocycles. The summed E-state index contributed by atoms with van der Waals surface area (Å²) in [6.45, 7) is 1.58. The maximum Gasteiger partial charge on any atom is 0.224 e. The van der Waals surface area contributed by atoms with Crippen LogP contribution in [-0.2, 0) is 16.0 Å². The van der Waals surface area contributed by atoms with E-state index < -0.39 is 0 Å². The van der Waals surface area contributed by atoms with Crippen molar-refractivity contribution in [2.75, 3.05) is 13.1 Å². The summed E-state index contributed by atoms with van der Waals surface area (Å²) in [5.74, 6) is 0.950. The zero-order valence-electron chi connectivity index (χ0n) is 15.1. The van der Waals surface area contributed by atoms with Crippen LogP contribution in [0.2, 0.25) is 0 Å². The van der Waals surface area contributed by atoms with Gasteiger partial charge in [0.15, 0.2) is 0 Å². The average molecular weight is 342 g/mol. The lowest BCUT2D eigenvalue weighted by atomic mass is 9.89. The standard InChI is InChI=1S/C21H30N2O2/c24-20(13-7-12-17-8-3-1-4-9-17)22-19-14-21(25)23(16-19)15-18-10-5-2-6-11-18/h1,3-4,8-9,18-19H,2,5-7,10-16H2,(H,22,24).